The molecule has 7 heteroatoms. The Morgan fingerprint density at radius 1 is 1.20 bits per heavy atom. The zero-order valence-electron chi connectivity index (χ0n) is 14.2. The zero-order chi connectivity index (χ0) is 17.3. The molecule has 0 saturated heterocycles. The number of carbonyl (C=O) groups is 1. The summed E-state index contributed by atoms with van der Waals surface area (Å²) in [5, 5.41) is 7.21. The summed E-state index contributed by atoms with van der Waals surface area (Å²) in [7, 11) is 0. The Hall–Kier alpha value is -2.57. The highest BCUT2D eigenvalue weighted by Gasteiger charge is 2.42. The maximum absolute atomic E-state index is 12.9. The summed E-state index contributed by atoms with van der Waals surface area (Å²) in [4.78, 5) is 17.2. The Labute approximate surface area is 145 Å². The van der Waals surface area contributed by atoms with Crippen molar-refractivity contribution in [1.29, 1.82) is 0 Å². The largest absolute Gasteiger partial charge is 0.485 e. The molecule has 25 heavy (non-hydrogen) atoms. The molecule has 1 aromatic heterocycles. The van der Waals surface area contributed by atoms with Gasteiger partial charge in [-0.1, -0.05) is 36.6 Å². The molecule has 1 aromatic carbocycles. The van der Waals surface area contributed by atoms with Crippen molar-refractivity contribution in [2.24, 2.45) is 0 Å². The molecule has 1 N–H and O–H groups in total. The van der Waals surface area contributed by atoms with E-state index in [9.17, 15) is 4.79 Å². The highest BCUT2D eigenvalue weighted by molar-refractivity contribution is 5.82. The first-order valence-corrected chi connectivity index (χ1v) is 8.68. The van der Waals surface area contributed by atoms with E-state index >= 15 is 0 Å². The second-order valence-corrected chi connectivity index (χ2v) is 6.63. The summed E-state index contributed by atoms with van der Waals surface area (Å²) in [5.41, 5.74) is -0.590. The number of nitrogens with zero attached hydrogens (tertiary/aromatic N) is 2. The minimum absolute atomic E-state index is 0.185. The lowest BCUT2D eigenvalue weighted by Crippen LogP contribution is -2.54. The fraction of sp³-hybridized carbons (Fsp3) is 0.500. The third-order valence-corrected chi connectivity index (χ3v) is 4.83. The van der Waals surface area contributed by atoms with E-state index in [1.165, 1.54) is 0 Å². The minimum Gasteiger partial charge on any atom is -0.485 e. The second kappa shape index (κ2) is 6.38. The molecule has 7 nitrogen and oxygen atoms in total. The first kappa shape index (κ1) is 15.9. The number of aromatic nitrogens is 2. The molecule has 132 valence electrons. The molecule has 0 unspecified atom stereocenters. The zero-order valence-corrected chi connectivity index (χ0v) is 14.2. The number of aryl methyl sites for hydroxylation is 1. The predicted octanol–water partition coefficient (Wildman–Crippen LogP) is 2.49. The van der Waals surface area contributed by atoms with Crippen LogP contribution in [0.5, 0.6) is 11.5 Å². The molecular formula is C18H21N3O4. The van der Waals surface area contributed by atoms with Crippen molar-refractivity contribution in [2.75, 3.05) is 6.61 Å². The molecule has 4 rings (SSSR count). The van der Waals surface area contributed by atoms with Crippen LogP contribution < -0.4 is 14.8 Å². The van der Waals surface area contributed by atoms with Crippen LogP contribution in [0.1, 0.15) is 43.8 Å². The molecule has 2 heterocycles. The summed E-state index contributed by atoms with van der Waals surface area (Å²) in [6, 6.07) is 7.35. The van der Waals surface area contributed by atoms with Crippen LogP contribution in [0.15, 0.2) is 28.8 Å². The van der Waals surface area contributed by atoms with Crippen LogP contribution in [0.3, 0.4) is 0 Å². The lowest BCUT2D eigenvalue weighted by Gasteiger charge is -2.37. The summed E-state index contributed by atoms with van der Waals surface area (Å²) in [6.07, 6.45) is 4.06. The number of hydrogen-bond donors (Lipinski definition) is 1. The van der Waals surface area contributed by atoms with Gasteiger partial charge in [0.1, 0.15) is 12.1 Å². The average molecular weight is 343 g/mol. The van der Waals surface area contributed by atoms with Crippen molar-refractivity contribution in [3.8, 4) is 11.5 Å². The van der Waals surface area contributed by atoms with Crippen molar-refractivity contribution < 1.29 is 18.8 Å². The topological polar surface area (TPSA) is 86.5 Å². The number of nitrogens with one attached hydrogen (secondary N) is 1. The standard InChI is InChI=1S/C18H21N3O4/c1-12-19-17(21-25-12)18(9-5-2-6-10-18)20-16(22)15-11-23-13-7-3-4-8-14(13)24-15/h3-4,7-8,15H,2,5-6,9-11H2,1H3,(H,20,22)/t15-/m1/s1. The molecule has 1 atom stereocenters. The van der Waals surface area contributed by atoms with Crippen LogP contribution in [-0.4, -0.2) is 28.8 Å². The highest BCUT2D eigenvalue weighted by atomic mass is 16.6. The lowest BCUT2D eigenvalue weighted by atomic mass is 9.80. The van der Waals surface area contributed by atoms with Gasteiger partial charge in [0.15, 0.2) is 17.3 Å². The molecule has 0 radical (unpaired) electrons. The maximum Gasteiger partial charge on any atom is 0.265 e. The number of carbonyl (C=O) groups excluding carboxylic acids is 1. The third kappa shape index (κ3) is 3.06. The van der Waals surface area contributed by atoms with E-state index in [2.05, 4.69) is 15.5 Å². The maximum atomic E-state index is 12.9. The Balaban J connectivity index is 1.53. The molecule has 0 spiro atoms. The summed E-state index contributed by atoms with van der Waals surface area (Å²) in [6.45, 7) is 1.94. The number of ether oxygens (including phenoxy) is 2. The third-order valence-electron chi connectivity index (χ3n) is 4.83. The first-order valence-electron chi connectivity index (χ1n) is 8.68. The number of amides is 1. The van der Waals surface area contributed by atoms with E-state index < -0.39 is 11.6 Å². The quantitative estimate of drug-likeness (QED) is 0.921. The van der Waals surface area contributed by atoms with Crippen LogP contribution >= 0.6 is 0 Å². The molecule has 1 saturated carbocycles. The van der Waals surface area contributed by atoms with Crippen molar-refractivity contribution in [3.63, 3.8) is 0 Å². The van der Waals surface area contributed by atoms with E-state index in [1.54, 1.807) is 13.0 Å². The summed E-state index contributed by atoms with van der Waals surface area (Å²) >= 11 is 0. The van der Waals surface area contributed by atoms with Crippen molar-refractivity contribution >= 4 is 5.91 Å². The first-order chi connectivity index (χ1) is 12.2. The van der Waals surface area contributed by atoms with E-state index in [0.29, 0.717) is 23.2 Å². The average Bonchev–Trinajstić information content (AvgIpc) is 3.09. The molecule has 1 amide bonds. The van der Waals surface area contributed by atoms with Crippen LogP contribution in [0, 0.1) is 6.92 Å². The molecule has 1 aliphatic heterocycles. The summed E-state index contributed by atoms with van der Waals surface area (Å²) in [5.74, 6) is 2.09. The Bertz CT molecular complexity index is 767. The van der Waals surface area contributed by atoms with Gasteiger partial charge in [-0.25, -0.2) is 0 Å². The Morgan fingerprint density at radius 2 is 1.96 bits per heavy atom. The van der Waals surface area contributed by atoms with Crippen molar-refractivity contribution in [2.45, 2.75) is 50.7 Å². The number of fused-ring (bicyclic) bond motifs is 1. The number of benzene rings is 1. The highest BCUT2D eigenvalue weighted by Crippen LogP contribution is 2.36. The number of rotatable bonds is 3. The molecule has 2 aliphatic rings. The van der Waals surface area contributed by atoms with Crippen LogP contribution in [-0.2, 0) is 10.3 Å². The SMILES string of the molecule is Cc1nc(C2(NC(=O)[C@H]3COc4ccccc4O3)CCCCC2)no1. The van der Waals surface area contributed by atoms with Crippen molar-refractivity contribution in [1.82, 2.24) is 15.5 Å². The van der Waals surface area contributed by atoms with Gasteiger partial charge in [-0.15, -0.1) is 0 Å². The molecule has 1 fully saturated rings. The van der Waals surface area contributed by atoms with Gasteiger partial charge in [0.05, 0.1) is 0 Å². The Kier molecular flexibility index (Phi) is 4.07. The number of para-hydroxylation sites is 2. The van der Waals surface area contributed by atoms with Gasteiger partial charge >= 0.3 is 0 Å². The number of hydrogen-bond acceptors (Lipinski definition) is 6. The van der Waals surface area contributed by atoms with Crippen LogP contribution in [0.25, 0.3) is 0 Å². The normalized spacial score (nSPS) is 21.6. The fourth-order valence-electron chi connectivity index (χ4n) is 3.52. The van der Waals surface area contributed by atoms with Gasteiger partial charge in [0.25, 0.3) is 5.91 Å². The lowest BCUT2D eigenvalue weighted by molar-refractivity contribution is -0.133. The molecule has 1 aliphatic carbocycles. The van der Waals surface area contributed by atoms with E-state index in [1.807, 2.05) is 18.2 Å². The Morgan fingerprint density at radius 3 is 2.68 bits per heavy atom. The fourth-order valence-corrected chi connectivity index (χ4v) is 3.52. The minimum atomic E-state index is -0.693. The van der Waals surface area contributed by atoms with Gasteiger partial charge in [0.2, 0.25) is 12.0 Å². The predicted molar refractivity (Wildman–Crippen MR) is 88.3 cm³/mol. The molecule has 2 aromatic rings. The van der Waals surface area contributed by atoms with Crippen LogP contribution in [0.4, 0.5) is 0 Å². The van der Waals surface area contributed by atoms with Gasteiger partial charge in [-0.3, -0.25) is 4.79 Å². The van der Waals surface area contributed by atoms with Gasteiger partial charge in [-0.05, 0) is 25.0 Å². The van der Waals surface area contributed by atoms with E-state index in [4.69, 9.17) is 14.0 Å². The van der Waals surface area contributed by atoms with E-state index in [-0.39, 0.29) is 12.5 Å². The smallest absolute Gasteiger partial charge is 0.265 e. The second-order valence-electron chi connectivity index (χ2n) is 6.63. The molecular weight excluding hydrogens is 322 g/mol. The van der Waals surface area contributed by atoms with Crippen LogP contribution in [0.2, 0.25) is 0 Å². The molecule has 0 bridgehead atoms. The summed E-state index contributed by atoms with van der Waals surface area (Å²) < 4.78 is 16.6. The van der Waals surface area contributed by atoms with Gasteiger partial charge < -0.3 is 19.3 Å². The monoisotopic (exact) mass is 343 g/mol. The van der Waals surface area contributed by atoms with E-state index in [0.717, 1.165) is 32.1 Å². The van der Waals surface area contributed by atoms with Crippen molar-refractivity contribution in [3.05, 3.63) is 36.0 Å². The van der Waals surface area contributed by atoms with Gasteiger partial charge in [-0.2, -0.15) is 4.98 Å². The van der Waals surface area contributed by atoms with Gasteiger partial charge in [0, 0.05) is 6.92 Å².